The molecule has 17 heavy (non-hydrogen) atoms. The van der Waals surface area contributed by atoms with Gasteiger partial charge in [0.25, 0.3) is 0 Å². The van der Waals surface area contributed by atoms with E-state index in [0.717, 1.165) is 12.1 Å². The Morgan fingerprint density at radius 1 is 1.47 bits per heavy atom. The van der Waals surface area contributed by atoms with E-state index in [1.54, 1.807) is 6.20 Å². The molecular weight excluding hydrogens is 214 g/mol. The van der Waals surface area contributed by atoms with Crippen molar-refractivity contribution in [1.82, 2.24) is 9.55 Å². The van der Waals surface area contributed by atoms with Gasteiger partial charge in [0.05, 0.1) is 17.6 Å². The topological polar surface area (TPSA) is 50.4 Å². The van der Waals surface area contributed by atoms with Gasteiger partial charge in [-0.25, -0.2) is 4.98 Å². The van der Waals surface area contributed by atoms with Crippen LogP contribution in [-0.2, 0) is 5.54 Å². The molecule has 4 heteroatoms. The molecule has 1 aromatic heterocycles. The molecule has 2 bridgehead atoms. The molecule has 92 valence electrons. The minimum atomic E-state index is -0.219. The maximum atomic E-state index is 9.29. The first-order valence-corrected chi connectivity index (χ1v) is 6.21. The first-order chi connectivity index (χ1) is 8.01. The van der Waals surface area contributed by atoms with E-state index in [0.29, 0.717) is 17.3 Å². The molecule has 3 saturated carbocycles. The molecule has 0 aromatic carbocycles. The average molecular weight is 233 g/mol. The van der Waals surface area contributed by atoms with Gasteiger partial charge in [-0.05, 0) is 37.0 Å². The summed E-state index contributed by atoms with van der Waals surface area (Å²) in [6.07, 6.45) is 7.72. The average Bonchev–Trinajstić information content (AvgIpc) is 2.82. The van der Waals surface area contributed by atoms with E-state index in [1.165, 1.54) is 6.42 Å². The fraction of sp³-hybridized carbons (Fsp3) is 0.692. The predicted molar refractivity (Wildman–Crippen MR) is 65.1 cm³/mol. The van der Waals surface area contributed by atoms with Gasteiger partial charge in [-0.15, -0.1) is 0 Å². The van der Waals surface area contributed by atoms with Crippen molar-refractivity contribution in [2.24, 2.45) is 22.4 Å². The molecule has 3 fully saturated rings. The first kappa shape index (κ1) is 10.8. The molecule has 0 amide bonds. The van der Waals surface area contributed by atoms with Crippen molar-refractivity contribution in [3.05, 3.63) is 18.7 Å². The van der Waals surface area contributed by atoms with Gasteiger partial charge < -0.3 is 9.77 Å². The Labute approximate surface area is 101 Å². The Balaban J connectivity index is 2.11. The fourth-order valence-corrected chi connectivity index (χ4v) is 3.96. The summed E-state index contributed by atoms with van der Waals surface area (Å²) >= 11 is 0. The molecule has 4 nitrogen and oxygen atoms in total. The van der Waals surface area contributed by atoms with Crippen LogP contribution in [0.15, 0.2) is 23.9 Å². The summed E-state index contributed by atoms with van der Waals surface area (Å²) in [6, 6.07) is 0. The Kier molecular flexibility index (Phi) is 1.98. The molecule has 0 radical (unpaired) electrons. The second-order valence-electron chi connectivity index (χ2n) is 6.17. The van der Waals surface area contributed by atoms with Crippen LogP contribution in [0.4, 0.5) is 0 Å². The molecule has 0 aliphatic heterocycles. The Hall–Kier alpha value is -1.32. The highest BCUT2D eigenvalue weighted by atomic mass is 16.4. The summed E-state index contributed by atoms with van der Waals surface area (Å²) < 4.78 is 2.10. The van der Waals surface area contributed by atoms with Crippen LogP contribution >= 0.6 is 0 Å². The molecule has 1 aromatic rings. The Bertz CT molecular complexity index is 463. The zero-order chi connectivity index (χ0) is 12.3. The second-order valence-corrected chi connectivity index (χ2v) is 6.17. The summed E-state index contributed by atoms with van der Waals surface area (Å²) in [5.74, 6) is 1.18. The number of fused-ring (bicyclic) bond motifs is 2. The third-order valence-corrected chi connectivity index (χ3v) is 5.33. The van der Waals surface area contributed by atoms with Crippen molar-refractivity contribution in [3.63, 3.8) is 0 Å². The van der Waals surface area contributed by atoms with Gasteiger partial charge >= 0.3 is 0 Å². The summed E-state index contributed by atoms with van der Waals surface area (Å²) in [7, 11) is 0. The molecule has 0 saturated heterocycles. The molecule has 0 unspecified atom stereocenters. The molecule has 0 spiro atoms. The van der Waals surface area contributed by atoms with Crippen molar-refractivity contribution in [2.75, 3.05) is 0 Å². The number of hydrogen-bond acceptors (Lipinski definition) is 3. The molecular formula is C13H19N3O. The van der Waals surface area contributed by atoms with Gasteiger partial charge in [0.15, 0.2) is 0 Å². The molecule has 3 atom stereocenters. The Morgan fingerprint density at radius 3 is 2.76 bits per heavy atom. The van der Waals surface area contributed by atoms with E-state index in [1.807, 2.05) is 12.5 Å². The van der Waals surface area contributed by atoms with Crippen molar-refractivity contribution in [1.29, 1.82) is 0 Å². The largest absolute Gasteiger partial charge is 0.411 e. The SMILES string of the molecule is CC1(C)[C@H]2CC(=NO)[C@@](C)(n3ccnc3)[C@H]1C2. The lowest BCUT2D eigenvalue weighted by atomic mass is 9.43. The minimum Gasteiger partial charge on any atom is -0.411 e. The number of nitrogens with zero attached hydrogens (tertiary/aromatic N) is 3. The Morgan fingerprint density at radius 2 is 2.24 bits per heavy atom. The van der Waals surface area contributed by atoms with Crippen LogP contribution in [0.25, 0.3) is 0 Å². The van der Waals surface area contributed by atoms with Crippen molar-refractivity contribution in [3.8, 4) is 0 Å². The summed E-state index contributed by atoms with van der Waals surface area (Å²) in [6.45, 7) is 6.83. The smallest absolute Gasteiger partial charge is 0.0954 e. The maximum absolute atomic E-state index is 9.29. The van der Waals surface area contributed by atoms with Crippen LogP contribution in [0.1, 0.15) is 33.6 Å². The third-order valence-electron chi connectivity index (χ3n) is 5.33. The zero-order valence-corrected chi connectivity index (χ0v) is 10.6. The van der Waals surface area contributed by atoms with Crippen LogP contribution in [0.3, 0.4) is 0 Å². The van der Waals surface area contributed by atoms with Gasteiger partial charge in [0.2, 0.25) is 0 Å². The fourth-order valence-electron chi connectivity index (χ4n) is 3.96. The standard InChI is InChI=1S/C13H19N3O/c1-12(2)9-6-10(12)13(3,11(7-9)15-17)16-5-4-14-8-16/h4-5,8-10,17H,6-7H2,1-3H3/t9-,10+,13+/m1/s1. The van der Waals surface area contributed by atoms with Gasteiger partial charge in [-0.2, -0.15) is 0 Å². The number of imidazole rings is 1. The number of aromatic nitrogens is 2. The minimum absolute atomic E-state index is 0.219. The third kappa shape index (κ3) is 1.13. The molecule has 1 heterocycles. The lowest BCUT2D eigenvalue weighted by Crippen LogP contribution is -2.65. The number of oxime groups is 1. The van der Waals surface area contributed by atoms with E-state index >= 15 is 0 Å². The lowest BCUT2D eigenvalue weighted by molar-refractivity contribution is -0.0870. The van der Waals surface area contributed by atoms with Gasteiger partial charge in [-0.1, -0.05) is 19.0 Å². The van der Waals surface area contributed by atoms with Crippen LogP contribution < -0.4 is 0 Å². The highest BCUT2D eigenvalue weighted by Crippen LogP contribution is 2.63. The molecule has 4 rings (SSSR count). The summed E-state index contributed by atoms with van der Waals surface area (Å²) in [4.78, 5) is 4.14. The van der Waals surface area contributed by atoms with Crippen LogP contribution in [0.5, 0.6) is 0 Å². The number of rotatable bonds is 1. The van der Waals surface area contributed by atoms with Crippen molar-refractivity contribution >= 4 is 5.71 Å². The van der Waals surface area contributed by atoms with E-state index in [9.17, 15) is 5.21 Å². The van der Waals surface area contributed by atoms with Crippen LogP contribution in [0.2, 0.25) is 0 Å². The predicted octanol–water partition coefficient (Wildman–Crippen LogP) is 2.49. The van der Waals surface area contributed by atoms with E-state index in [4.69, 9.17) is 0 Å². The van der Waals surface area contributed by atoms with Gasteiger partial charge in [0.1, 0.15) is 0 Å². The van der Waals surface area contributed by atoms with Gasteiger partial charge in [0, 0.05) is 12.4 Å². The maximum Gasteiger partial charge on any atom is 0.0954 e. The monoisotopic (exact) mass is 233 g/mol. The lowest BCUT2D eigenvalue weighted by Gasteiger charge is -2.64. The number of hydrogen-bond donors (Lipinski definition) is 1. The van der Waals surface area contributed by atoms with Crippen LogP contribution in [-0.4, -0.2) is 20.5 Å². The van der Waals surface area contributed by atoms with Gasteiger partial charge in [-0.3, -0.25) is 0 Å². The summed E-state index contributed by atoms with van der Waals surface area (Å²) in [5, 5.41) is 12.9. The van der Waals surface area contributed by atoms with E-state index < -0.39 is 0 Å². The normalized spacial score (nSPS) is 41.2. The van der Waals surface area contributed by atoms with Crippen molar-refractivity contribution in [2.45, 2.75) is 39.2 Å². The van der Waals surface area contributed by atoms with Crippen molar-refractivity contribution < 1.29 is 5.21 Å². The van der Waals surface area contributed by atoms with Crippen LogP contribution in [0, 0.1) is 17.3 Å². The summed E-state index contributed by atoms with van der Waals surface area (Å²) in [5.41, 5.74) is 1.01. The van der Waals surface area contributed by atoms with E-state index in [2.05, 4.69) is 35.5 Å². The highest BCUT2D eigenvalue weighted by molar-refractivity contribution is 5.93. The molecule has 3 aliphatic rings. The van der Waals surface area contributed by atoms with E-state index in [-0.39, 0.29) is 5.54 Å². The second kappa shape index (κ2) is 3.12. The zero-order valence-electron chi connectivity index (χ0n) is 10.6. The molecule has 3 aliphatic carbocycles. The first-order valence-electron chi connectivity index (χ1n) is 6.21. The highest BCUT2D eigenvalue weighted by Gasteiger charge is 2.63. The molecule has 1 N–H and O–H groups in total. The quantitative estimate of drug-likeness (QED) is 0.598.